The standard InChI is InChI=1S/C24H25N5O2/c1-17-21(26-24(31-17)19-7-5-4-6-8-19)15-23(30)27-22-13-14-25-29(22)16-18-9-11-20(12-10-18)28(2)3/h4-14H,15-16H2,1-3H3,(H,27,30). The number of amides is 1. The highest BCUT2D eigenvalue weighted by Crippen LogP contribution is 2.22. The van der Waals surface area contributed by atoms with E-state index in [1.54, 1.807) is 16.9 Å². The number of hydrogen-bond donors (Lipinski definition) is 1. The van der Waals surface area contributed by atoms with Crippen molar-refractivity contribution in [1.82, 2.24) is 14.8 Å². The molecule has 1 amide bonds. The first-order valence-corrected chi connectivity index (χ1v) is 10.1. The molecule has 0 atom stereocenters. The van der Waals surface area contributed by atoms with Crippen molar-refractivity contribution >= 4 is 17.4 Å². The number of anilines is 2. The minimum Gasteiger partial charge on any atom is -0.441 e. The Morgan fingerprint density at radius 2 is 1.81 bits per heavy atom. The Morgan fingerprint density at radius 1 is 1.06 bits per heavy atom. The van der Waals surface area contributed by atoms with Crippen LogP contribution in [0.3, 0.4) is 0 Å². The molecule has 0 unspecified atom stereocenters. The van der Waals surface area contributed by atoms with E-state index in [1.165, 1.54) is 0 Å². The Bertz CT molecular complexity index is 1160. The van der Waals surface area contributed by atoms with Crippen molar-refractivity contribution in [2.45, 2.75) is 19.9 Å². The molecule has 4 aromatic rings. The quantitative estimate of drug-likeness (QED) is 0.491. The summed E-state index contributed by atoms with van der Waals surface area (Å²) < 4.78 is 7.53. The van der Waals surface area contributed by atoms with Gasteiger partial charge in [0.05, 0.1) is 24.9 Å². The maximum atomic E-state index is 12.7. The van der Waals surface area contributed by atoms with Gasteiger partial charge in [0.2, 0.25) is 11.8 Å². The number of hydrogen-bond acceptors (Lipinski definition) is 5. The summed E-state index contributed by atoms with van der Waals surface area (Å²) in [5, 5.41) is 7.28. The first-order valence-electron chi connectivity index (χ1n) is 10.1. The fraction of sp³-hybridized carbons (Fsp3) is 0.208. The Kier molecular flexibility index (Phi) is 5.84. The third-order valence-electron chi connectivity index (χ3n) is 5.01. The second-order valence-electron chi connectivity index (χ2n) is 7.55. The van der Waals surface area contributed by atoms with E-state index in [1.807, 2.05) is 51.4 Å². The molecule has 1 N–H and O–H groups in total. The van der Waals surface area contributed by atoms with Crippen molar-refractivity contribution in [2.24, 2.45) is 0 Å². The molecule has 0 spiro atoms. The van der Waals surface area contributed by atoms with E-state index < -0.39 is 0 Å². The number of rotatable bonds is 7. The van der Waals surface area contributed by atoms with Gasteiger partial charge in [-0.25, -0.2) is 9.67 Å². The number of carbonyl (C=O) groups is 1. The van der Waals surface area contributed by atoms with Gasteiger partial charge in [0.15, 0.2) is 0 Å². The SMILES string of the molecule is Cc1oc(-c2ccccc2)nc1CC(=O)Nc1ccnn1Cc1ccc(N(C)C)cc1. The van der Waals surface area contributed by atoms with Crippen LogP contribution in [0.15, 0.2) is 71.3 Å². The van der Waals surface area contributed by atoms with Crippen LogP contribution >= 0.6 is 0 Å². The van der Waals surface area contributed by atoms with Crippen LogP contribution in [0.5, 0.6) is 0 Å². The van der Waals surface area contributed by atoms with Gasteiger partial charge in [-0.15, -0.1) is 0 Å². The number of carbonyl (C=O) groups excluding carboxylic acids is 1. The van der Waals surface area contributed by atoms with Crippen LogP contribution in [0.1, 0.15) is 17.0 Å². The molecule has 4 rings (SSSR count). The van der Waals surface area contributed by atoms with Gasteiger partial charge in [-0.05, 0) is 36.8 Å². The highest BCUT2D eigenvalue weighted by atomic mass is 16.4. The van der Waals surface area contributed by atoms with Crippen molar-refractivity contribution < 1.29 is 9.21 Å². The minimum absolute atomic E-state index is 0.130. The van der Waals surface area contributed by atoms with Crippen molar-refractivity contribution in [3.63, 3.8) is 0 Å². The monoisotopic (exact) mass is 415 g/mol. The lowest BCUT2D eigenvalue weighted by Gasteiger charge is -2.13. The van der Waals surface area contributed by atoms with Gasteiger partial charge in [0, 0.05) is 31.4 Å². The second-order valence-corrected chi connectivity index (χ2v) is 7.55. The molecule has 0 radical (unpaired) electrons. The van der Waals surface area contributed by atoms with Gasteiger partial charge in [-0.1, -0.05) is 30.3 Å². The summed E-state index contributed by atoms with van der Waals surface area (Å²) in [6.07, 6.45) is 1.81. The largest absolute Gasteiger partial charge is 0.441 e. The molecule has 0 saturated carbocycles. The molecule has 0 aliphatic rings. The molecule has 0 fully saturated rings. The summed E-state index contributed by atoms with van der Waals surface area (Å²) in [7, 11) is 4.02. The van der Waals surface area contributed by atoms with Crippen molar-refractivity contribution in [3.8, 4) is 11.5 Å². The number of nitrogens with zero attached hydrogens (tertiary/aromatic N) is 4. The van der Waals surface area contributed by atoms with E-state index in [2.05, 4.69) is 44.6 Å². The zero-order valence-corrected chi connectivity index (χ0v) is 17.9. The Labute approximate surface area is 181 Å². The summed E-state index contributed by atoms with van der Waals surface area (Å²) >= 11 is 0. The van der Waals surface area contributed by atoms with Crippen LogP contribution in [0.25, 0.3) is 11.5 Å². The predicted molar refractivity (Wildman–Crippen MR) is 121 cm³/mol. The number of nitrogens with one attached hydrogen (secondary N) is 1. The smallest absolute Gasteiger partial charge is 0.231 e. The van der Waals surface area contributed by atoms with E-state index in [0.717, 1.165) is 16.8 Å². The number of aryl methyl sites for hydroxylation is 1. The molecule has 2 aromatic heterocycles. The summed E-state index contributed by atoms with van der Waals surface area (Å²) in [5.41, 5.74) is 3.75. The van der Waals surface area contributed by atoms with Gasteiger partial charge < -0.3 is 14.6 Å². The molecule has 0 aliphatic heterocycles. The molecule has 0 bridgehead atoms. The maximum Gasteiger partial charge on any atom is 0.231 e. The van der Waals surface area contributed by atoms with Crippen molar-refractivity contribution in [3.05, 3.63) is 83.9 Å². The molecule has 7 nitrogen and oxygen atoms in total. The first kappa shape index (κ1) is 20.4. The predicted octanol–water partition coefficient (Wildman–Crippen LogP) is 4.14. The van der Waals surface area contributed by atoms with E-state index in [-0.39, 0.29) is 12.3 Å². The van der Waals surface area contributed by atoms with Gasteiger partial charge in [-0.2, -0.15) is 5.10 Å². The third kappa shape index (κ3) is 4.83. The van der Waals surface area contributed by atoms with Crippen molar-refractivity contribution in [1.29, 1.82) is 0 Å². The molecule has 7 heteroatoms. The molecule has 31 heavy (non-hydrogen) atoms. The Morgan fingerprint density at radius 3 is 2.52 bits per heavy atom. The minimum atomic E-state index is -0.166. The summed E-state index contributed by atoms with van der Waals surface area (Å²) in [6.45, 7) is 2.39. The van der Waals surface area contributed by atoms with Gasteiger partial charge in [-0.3, -0.25) is 4.79 Å². The lowest BCUT2D eigenvalue weighted by molar-refractivity contribution is -0.115. The summed E-state index contributed by atoms with van der Waals surface area (Å²) in [5.74, 6) is 1.64. The number of oxazole rings is 1. The molecule has 2 aromatic carbocycles. The van der Waals surface area contributed by atoms with Gasteiger partial charge in [0.1, 0.15) is 11.6 Å². The topological polar surface area (TPSA) is 76.2 Å². The summed E-state index contributed by atoms with van der Waals surface area (Å²) in [6, 6.07) is 19.7. The molecule has 158 valence electrons. The lowest BCUT2D eigenvalue weighted by Crippen LogP contribution is -2.18. The fourth-order valence-electron chi connectivity index (χ4n) is 3.27. The van der Waals surface area contributed by atoms with Crippen LogP contribution in [-0.2, 0) is 17.8 Å². The van der Waals surface area contributed by atoms with E-state index in [4.69, 9.17) is 4.42 Å². The Hall–Kier alpha value is -3.87. The fourth-order valence-corrected chi connectivity index (χ4v) is 3.27. The van der Waals surface area contributed by atoms with Crippen molar-refractivity contribution in [2.75, 3.05) is 24.3 Å². The van der Waals surface area contributed by atoms with Crippen LogP contribution in [-0.4, -0.2) is 34.8 Å². The molecule has 0 saturated heterocycles. The molecule has 2 heterocycles. The van der Waals surface area contributed by atoms with Crippen LogP contribution in [0.2, 0.25) is 0 Å². The van der Waals surface area contributed by atoms with Gasteiger partial charge >= 0.3 is 0 Å². The highest BCUT2D eigenvalue weighted by molar-refractivity contribution is 5.91. The highest BCUT2D eigenvalue weighted by Gasteiger charge is 2.16. The molecular formula is C24H25N5O2. The molecular weight excluding hydrogens is 390 g/mol. The maximum absolute atomic E-state index is 12.7. The van der Waals surface area contributed by atoms with E-state index in [9.17, 15) is 4.79 Å². The average Bonchev–Trinajstić information content (AvgIpc) is 3.35. The molecule has 0 aliphatic carbocycles. The van der Waals surface area contributed by atoms with Crippen LogP contribution in [0, 0.1) is 6.92 Å². The number of benzene rings is 2. The lowest BCUT2D eigenvalue weighted by atomic mass is 10.2. The Balaban J connectivity index is 1.42. The van der Waals surface area contributed by atoms with Crippen LogP contribution in [0.4, 0.5) is 11.5 Å². The zero-order chi connectivity index (χ0) is 21.8. The second kappa shape index (κ2) is 8.87. The average molecular weight is 415 g/mol. The van der Waals surface area contributed by atoms with E-state index in [0.29, 0.717) is 29.7 Å². The first-order chi connectivity index (χ1) is 15.0. The van der Waals surface area contributed by atoms with E-state index >= 15 is 0 Å². The zero-order valence-electron chi connectivity index (χ0n) is 17.9. The number of aromatic nitrogens is 3. The summed E-state index contributed by atoms with van der Waals surface area (Å²) in [4.78, 5) is 19.2. The normalized spacial score (nSPS) is 10.8. The third-order valence-corrected chi connectivity index (χ3v) is 5.01. The van der Waals surface area contributed by atoms with Gasteiger partial charge in [0.25, 0.3) is 0 Å². The van der Waals surface area contributed by atoms with Crippen LogP contribution < -0.4 is 10.2 Å².